The fourth-order valence-corrected chi connectivity index (χ4v) is 4.29. The third kappa shape index (κ3) is 3.97. The Morgan fingerprint density at radius 3 is 2.47 bits per heavy atom. The number of piperazine rings is 1. The van der Waals surface area contributed by atoms with Gasteiger partial charge in [-0.2, -0.15) is 10.2 Å². The lowest BCUT2D eigenvalue weighted by Gasteiger charge is -2.36. The van der Waals surface area contributed by atoms with Gasteiger partial charge in [0, 0.05) is 69.2 Å². The van der Waals surface area contributed by atoms with E-state index in [1.807, 2.05) is 71.6 Å². The smallest absolute Gasteiger partial charge is 0.224 e. The van der Waals surface area contributed by atoms with E-state index in [1.54, 1.807) is 4.68 Å². The molecule has 2 N–H and O–H groups in total. The van der Waals surface area contributed by atoms with Crippen LogP contribution in [-0.4, -0.2) is 56.4 Å². The quantitative estimate of drug-likeness (QED) is 0.527. The molecule has 32 heavy (non-hydrogen) atoms. The van der Waals surface area contributed by atoms with Crippen LogP contribution in [0.5, 0.6) is 0 Å². The van der Waals surface area contributed by atoms with Crippen molar-refractivity contribution in [1.29, 1.82) is 0 Å². The molecule has 1 aliphatic heterocycles. The summed E-state index contributed by atoms with van der Waals surface area (Å²) in [6, 6.07) is 13.7. The standard InChI is InChI=1S/C24H27N7O/c1-28-16-20(14-26-28)19-7-8-22-23(15-27-31(22)17-19)29-9-11-30(12-10-29)24(32)13-21(25)18-5-3-2-4-6-18/h2-8,14-17,21H,9-13,25H2,1H3/t21-/m1/s1. The molecule has 164 valence electrons. The highest BCUT2D eigenvalue weighted by Crippen LogP contribution is 2.26. The number of anilines is 1. The van der Waals surface area contributed by atoms with Crippen LogP contribution in [0, 0.1) is 0 Å². The van der Waals surface area contributed by atoms with Crippen LogP contribution in [0.3, 0.4) is 0 Å². The number of amides is 1. The molecule has 0 saturated carbocycles. The minimum atomic E-state index is -0.268. The Kier molecular flexibility index (Phi) is 5.36. The lowest BCUT2D eigenvalue weighted by atomic mass is 10.0. The Bertz CT molecular complexity index is 1220. The van der Waals surface area contributed by atoms with E-state index in [9.17, 15) is 4.79 Å². The summed E-state index contributed by atoms with van der Waals surface area (Å²) in [4.78, 5) is 17.0. The zero-order valence-electron chi connectivity index (χ0n) is 18.1. The molecule has 4 heterocycles. The fourth-order valence-electron chi connectivity index (χ4n) is 4.29. The Morgan fingerprint density at radius 2 is 1.75 bits per heavy atom. The summed E-state index contributed by atoms with van der Waals surface area (Å²) in [6.45, 7) is 2.92. The number of hydrogen-bond acceptors (Lipinski definition) is 5. The highest BCUT2D eigenvalue weighted by Gasteiger charge is 2.24. The van der Waals surface area contributed by atoms with Crippen molar-refractivity contribution in [2.75, 3.05) is 31.1 Å². The molecule has 1 aromatic carbocycles. The molecule has 8 nitrogen and oxygen atoms in total. The molecule has 1 saturated heterocycles. The third-order valence-electron chi connectivity index (χ3n) is 6.13. The molecule has 0 spiro atoms. The number of nitrogens with two attached hydrogens (primary N) is 1. The second-order valence-corrected chi connectivity index (χ2v) is 8.27. The van der Waals surface area contributed by atoms with Crippen LogP contribution in [0.25, 0.3) is 16.6 Å². The van der Waals surface area contributed by atoms with E-state index in [1.165, 1.54) is 0 Å². The minimum Gasteiger partial charge on any atom is -0.365 e. The predicted molar refractivity (Wildman–Crippen MR) is 124 cm³/mol. The van der Waals surface area contributed by atoms with Gasteiger partial charge in [-0.25, -0.2) is 4.52 Å². The van der Waals surface area contributed by atoms with Crippen LogP contribution in [0.1, 0.15) is 18.0 Å². The van der Waals surface area contributed by atoms with Crippen molar-refractivity contribution in [2.45, 2.75) is 12.5 Å². The van der Waals surface area contributed by atoms with Gasteiger partial charge in [-0.05, 0) is 11.6 Å². The van der Waals surface area contributed by atoms with E-state index >= 15 is 0 Å². The summed E-state index contributed by atoms with van der Waals surface area (Å²) in [5.74, 6) is 0.113. The van der Waals surface area contributed by atoms with E-state index in [4.69, 9.17) is 5.73 Å². The third-order valence-corrected chi connectivity index (χ3v) is 6.13. The topological polar surface area (TPSA) is 84.7 Å². The van der Waals surface area contributed by atoms with Gasteiger partial charge in [-0.1, -0.05) is 36.4 Å². The van der Waals surface area contributed by atoms with Crippen LogP contribution in [-0.2, 0) is 11.8 Å². The van der Waals surface area contributed by atoms with Crippen molar-refractivity contribution in [3.63, 3.8) is 0 Å². The van der Waals surface area contributed by atoms with Crippen LogP contribution in [0.15, 0.2) is 67.3 Å². The highest BCUT2D eigenvalue weighted by atomic mass is 16.2. The van der Waals surface area contributed by atoms with E-state index < -0.39 is 0 Å². The molecule has 1 amide bonds. The number of carbonyl (C=O) groups excluding carboxylic acids is 1. The Hall–Kier alpha value is -3.65. The molecular weight excluding hydrogens is 402 g/mol. The van der Waals surface area contributed by atoms with Gasteiger partial charge in [-0.3, -0.25) is 9.48 Å². The summed E-state index contributed by atoms with van der Waals surface area (Å²) >= 11 is 0. The number of nitrogens with zero attached hydrogens (tertiary/aromatic N) is 6. The molecule has 1 aliphatic rings. The second-order valence-electron chi connectivity index (χ2n) is 8.27. The lowest BCUT2D eigenvalue weighted by Crippen LogP contribution is -2.49. The van der Waals surface area contributed by atoms with Crippen molar-refractivity contribution in [2.24, 2.45) is 12.8 Å². The van der Waals surface area contributed by atoms with Gasteiger partial charge in [0.2, 0.25) is 5.91 Å². The maximum Gasteiger partial charge on any atom is 0.224 e. The predicted octanol–water partition coefficient (Wildman–Crippen LogP) is 2.47. The van der Waals surface area contributed by atoms with Crippen LogP contribution in [0.4, 0.5) is 5.69 Å². The molecular formula is C24H27N7O. The van der Waals surface area contributed by atoms with Crippen LogP contribution in [0.2, 0.25) is 0 Å². The van der Waals surface area contributed by atoms with Crippen molar-refractivity contribution >= 4 is 17.1 Å². The zero-order chi connectivity index (χ0) is 22.1. The zero-order valence-corrected chi connectivity index (χ0v) is 18.1. The Morgan fingerprint density at radius 1 is 0.969 bits per heavy atom. The maximum atomic E-state index is 12.8. The molecule has 0 aliphatic carbocycles. The van der Waals surface area contributed by atoms with Gasteiger partial charge in [0.15, 0.2) is 0 Å². The monoisotopic (exact) mass is 429 g/mol. The minimum absolute atomic E-state index is 0.113. The summed E-state index contributed by atoms with van der Waals surface area (Å²) in [5, 5.41) is 8.81. The number of hydrogen-bond donors (Lipinski definition) is 1. The molecule has 3 aromatic heterocycles. The summed E-state index contributed by atoms with van der Waals surface area (Å²) in [6.07, 6.45) is 8.11. The average molecular weight is 430 g/mol. The number of aromatic nitrogens is 4. The molecule has 4 aromatic rings. The van der Waals surface area contributed by atoms with Crippen LogP contribution >= 0.6 is 0 Å². The van der Waals surface area contributed by atoms with E-state index in [0.717, 1.165) is 41.0 Å². The van der Waals surface area contributed by atoms with Gasteiger partial charge >= 0.3 is 0 Å². The summed E-state index contributed by atoms with van der Waals surface area (Å²) in [7, 11) is 1.91. The van der Waals surface area contributed by atoms with Gasteiger partial charge in [-0.15, -0.1) is 0 Å². The van der Waals surface area contributed by atoms with Gasteiger partial charge < -0.3 is 15.5 Å². The number of pyridine rings is 1. The molecule has 0 unspecified atom stereocenters. The van der Waals surface area contributed by atoms with Gasteiger partial charge in [0.25, 0.3) is 0 Å². The maximum absolute atomic E-state index is 12.8. The first-order valence-corrected chi connectivity index (χ1v) is 10.9. The van der Waals surface area contributed by atoms with Crippen molar-refractivity contribution in [3.05, 3.63) is 72.8 Å². The molecule has 1 atom stereocenters. The van der Waals surface area contributed by atoms with Gasteiger partial charge in [0.05, 0.1) is 23.6 Å². The van der Waals surface area contributed by atoms with Crippen molar-refractivity contribution in [1.82, 2.24) is 24.3 Å². The number of carbonyl (C=O) groups is 1. The Balaban J connectivity index is 1.23. The average Bonchev–Trinajstić information content (AvgIpc) is 3.45. The molecule has 0 radical (unpaired) electrons. The summed E-state index contributed by atoms with van der Waals surface area (Å²) in [5.41, 5.74) is 11.5. The first-order valence-electron chi connectivity index (χ1n) is 10.9. The number of benzene rings is 1. The van der Waals surface area contributed by atoms with Crippen molar-refractivity contribution in [3.8, 4) is 11.1 Å². The molecule has 1 fully saturated rings. The van der Waals surface area contributed by atoms with Gasteiger partial charge in [0.1, 0.15) is 0 Å². The fraction of sp³-hybridized carbons (Fsp3) is 0.292. The van der Waals surface area contributed by atoms with Crippen molar-refractivity contribution < 1.29 is 4.79 Å². The molecule has 5 rings (SSSR count). The first kappa shape index (κ1) is 20.3. The highest BCUT2D eigenvalue weighted by molar-refractivity contribution is 5.78. The molecule has 8 heteroatoms. The Labute approximate surface area is 186 Å². The summed E-state index contributed by atoms with van der Waals surface area (Å²) < 4.78 is 3.70. The largest absolute Gasteiger partial charge is 0.365 e. The number of fused-ring (bicyclic) bond motifs is 1. The van der Waals surface area contributed by atoms with E-state index in [-0.39, 0.29) is 11.9 Å². The molecule has 0 bridgehead atoms. The van der Waals surface area contributed by atoms with E-state index in [2.05, 4.69) is 27.2 Å². The second kappa shape index (κ2) is 8.47. The number of rotatable bonds is 5. The van der Waals surface area contributed by atoms with E-state index in [0.29, 0.717) is 19.5 Å². The first-order chi connectivity index (χ1) is 15.6. The SMILES string of the molecule is Cn1cc(-c2ccc3c(N4CCN(C(=O)C[C@@H](N)c5ccccc5)CC4)cnn3c2)cn1. The normalized spacial score (nSPS) is 15.3. The van der Waals surface area contributed by atoms with Crippen LogP contribution < -0.4 is 10.6 Å². The number of aryl methyl sites for hydroxylation is 1. The lowest BCUT2D eigenvalue weighted by molar-refractivity contribution is -0.131.